The van der Waals surface area contributed by atoms with Crippen LogP contribution in [0.3, 0.4) is 0 Å². The molecule has 1 N–H and O–H groups in total. The number of piperazine rings is 1. The van der Waals surface area contributed by atoms with Gasteiger partial charge in [0.25, 0.3) is 0 Å². The summed E-state index contributed by atoms with van der Waals surface area (Å²) in [5, 5.41) is 2.84. The van der Waals surface area contributed by atoms with Crippen LogP contribution >= 0.6 is 0 Å². The predicted octanol–water partition coefficient (Wildman–Crippen LogP) is 0.620. The number of nitrogens with one attached hydrogen (secondary N) is 1. The first kappa shape index (κ1) is 17.5. The van der Waals surface area contributed by atoms with Gasteiger partial charge in [0.05, 0.1) is 0 Å². The van der Waals surface area contributed by atoms with Gasteiger partial charge in [0.15, 0.2) is 0 Å². The van der Waals surface area contributed by atoms with Crippen molar-refractivity contribution < 1.29 is 14.4 Å². The zero-order chi connectivity index (χ0) is 16.0. The van der Waals surface area contributed by atoms with E-state index in [4.69, 9.17) is 0 Å². The van der Waals surface area contributed by atoms with Crippen molar-refractivity contribution in [1.29, 1.82) is 0 Å². The van der Waals surface area contributed by atoms with E-state index in [0.717, 1.165) is 0 Å². The Morgan fingerprint density at radius 2 is 1.52 bits per heavy atom. The van der Waals surface area contributed by atoms with Crippen LogP contribution in [0.1, 0.15) is 40.5 Å². The lowest BCUT2D eigenvalue weighted by molar-refractivity contribution is -0.138. The molecular weight excluding hydrogens is 270 g/mol. The minimum absolute atomic E-state index is 0.00465. The Morgan fingerprint density at radius 1 is 1.00 bits per heavy atom. The molecule has 6 heteroatoms. The molecule has 1 aliphatic heterocycles. The number of carbonyl (C=O) groups is 3. The van der Waals surface area contributed by atoms with Gasteiger partial charge in [-0.1, -0.05) is 20.8 Å². The van der Waals surface area contributed by atoms with Crippen LogP contribution in [0, 0.1) is 5.41 Å². The first-order valence-corrected chi connectivity index (χ1v) is 7.53. The highest BCUT2D eigenvalue weighted by Crippen LogP contribution is 2.12. The van der Waals surface area contributed by atoms with Crippen molar-refractivity contribution in [3.8, 4) is 0 Å². The Balaban J connectivity index is 2.21. The molecule has 1 rings (SSSR count). The van der Waals surface area contributed by atoms with Gasteiger partial charge >= 0.3 is 0 Å². The maximum absolute atomic E-state index is 12.0. The third-order valence-corrected chi connectivity index (χ3v) is 3.61. The fourth-order valence-corrected chi connectivity index (χ4v) is 2.14. The van der Waals surface area contributed by atoms with Gasteiger partial charge in [-0.3, -0.25) is 14.4 Å². The van der Waals surface area contributed by atoms with E-state index in [9.17, 15) is 14.4 Å². The number of hydrogen-bond acceptors (Lipinski definition) is 3. The molecule has 21 heavy (non-hydrogen) atoms. The lowest BCUT2D eigenvalue weighted by Crippen LogP contribution is -2.50. The van der Waals surface area contributed by atoms with Crippen molar-refractivity contribution in [2.45, 2.75) is 40.5 Å². The molecule has 0 spiro atoms. The number of hydrogen-bond donors (Lipinski definition) is 1. The molecule has 0 unspecified atom stereocenters. The normalized spacial score (nSPS) is 15.8. The molecule has 0 radical (unpaired) electrons. The Bertz CT molecular complexity index is 393. The molecule has 1 saturated heterocycles. The van der Waals surface area contributed by atoms with Gasteiger partial charge in [0, 0.05) is 51.5 Å². The Labute approximate surface area is 126 Å². The Kier molecular flexibility index (Phi) is 6.18. The van der Waals surface area contributed by atoms with E-state index in [2.05, 4.69) is 5.32 Å². The van der Waals surface area contributed by atoms with Crippen molar-refractivity contribution >= 4 is 17.7 Å². The van der Waals surface area contributed by atoms with E-state index in [1.165, 1.54) is 0 Å². The molecule has 6 nitrogen and oxygen atoms in total. The number of nitrogens with zero attached hydrogens (tertiary/aromatic N) is 2. The minimum atomic E-state index is -0.396. The maximum atomic E-state index is 12.0. The van der Waals surface area contributed by atoms with Gasteiger partial charge in [-0.15, -0.1) is 0 Å². The van der Waals surface area contributed by atoms with Crippen molar-refractivity contribution in [2.24, 2.45) is 5.41 Å². The molecule has 0 aromatic carbocycles. The molecule has 0 atom stereocenters. The fourth-order valence-electron chi connectivity index (χ4n) is 2.14. The average Bonchev–Trinajstić information content (AvgIpc) is 2.42. The lowest BCUT2D eigenvalue weighted by atomic mass is 9.96. The highest BCUT2D eigenvalue weighted by Gasteiger charge is 2.23. The first-order chi connectivity index (χ1) is 9.71. The molecule has 0 bridgehead atoms. The largest absolute Gasteiger partial charge is 0.356 e. The zero-order valence-electron chi connectivity index (χ0n) is 13.6. The molecule has 0 aromatic rings. The van der Waals surface area contributed by atoms with E-state index >= 15 is 0 Å². The molecule has 1 aliphatic rings. The Morgan fingerprint density at radius 3 is 2.00 bits per heavy atom. The molecule has 1 heterocycles. The second-order valence-corrected chi connectivity index (χ2v) is 6.50. The van der Waals surface area contributed by atoms with Crippen LogP contribution in [0.15, 0.2) is 0 Å². The van der Waals surface area contributed by atoms with Crippen LogP contribution in [0.5, 0.6) is 0 Å². The van der Waals surface area contributed by atoms with E-state index in [0.29, 0.717) is 45.6 Å². The quantitative estimate of drug-likeness (QED) is 0.773. The Hall–Kier alpha value is -1.59. The lowest BCUT2D eigenvalue weighted by Gasteiger charge is -2.34. The predicted molar refractivity (Wildman–Crippen MR) is 80.5 cm³/mol. The topological polar surface area (TPSA) is 69.7 Å². The molecule has 0 saturated carbocycles. The monoisotopic (exact) mass is 297 g/mol. The summed E-state index contributed by atoms with van der Waals surface area (Å²) in [7, 11) is 0. The third-order valence-electron chi connectivity index (χ3n) is 3.61. The van der Waals surface area contributed by atoms with Crippen molar-refractivity contribution in [2.75, 3.05) is 32.7 Å². The van der Waals surface area contributed by atoms with Crippen LogP contribution in [-0.2, 0) is 14.4 Å². The summed E-state index contributed by atoms with van der Waals surface area (Å²) in [6.45, 7) is 10.1. The minimum Gasteiger partial charge on any atom is -0.356 e. The van der Waals surface area contributed by atoms with E-state index in [1.54, 1.807) is 16.7 Å². The summed E-state index contributed by atoms with van der Waals surface area (Å²) >= 11 is 0. The maximum Gasteiger partial charge on any atom is 0.225 e. The third kappa shape index (κ3) is 5.73. The smallest absolute Gasteiger partial charge is 0.225 e. The molecule has 1 fully saturated rings. The van der Waals surface area contributed by atoms with Gasteiger partial charge in [-0.25, -0.2) is 0 Å². The second-order valence-electron chi connectivity index (χ2n) is 6.50. The van der Waals surface area contributed by atoms with Crippen molar-refractivity contribution in [1.82, 2.24) is 15.1 Å². The molecular formula is C15H27N3O3. The van der Waals surface area contributed by atoms with E-state index in [-0.39, 0.29) is 17.7 Å². The van der Waals surface area contributed by atoms with Crippen LogP contribution in [0.25, 0.3) is 0 Å². The standard InChI is InChI=1S/C15H27N3O3/c1-12(19)17-8-10-18(11-9-17)13(20)6-5-7-16-14(21)15(2,3)4/h5-11H2,1-4H3,(H,16,21). The fraction of sp³-hybridized carbons (Fsp3) is 0.800. The molecule has 0 aliphatic carbocycles. The van der Waals surface area contributed by atoms with Gasteiger partial charge in [-0.05, 0) is 6.42 Å². The second kappa shape index (κ2) is 7.43. The summed E-state index contributed by atoms with van der Waals surface area (Å²) < 4.78 is 0. The number of amides is 3. The summed E-state index contributed by atoms with van der Waals surface area (Å²) in [5.74, 6) is 0.167. The van der Waals surface area contributed by atoms with Crippen molar-refractivity contribution in [3.05, 3.63) is 0 Å². The van der Waals surface area contributed by atoms with Crippen LogP contribution in [0.2, 0.25) is 0 Å². The summed E-state index contributed by atoms with van der Waals surface area (Å²) in [4.78, 5) is 38.5. The molecule has 3 amide bonds. The highest BCUT2D eigenvalue weighted by atomic mass is 16.2. The van der Waals surface area contributed by atoms with Gasteiger partial charge in [0.2, 0.25) is 17.7 Å². The summed E-state index contributed by atoms with van der Waals surface area (Å²) in [6, 6.07) is 0. The molecule has 0 aromatic heterocycles. The first-order valence-electron chi connectivity index (χ1n) is 7.53. The van der Waals surface area contributed by atoms with Gasteiger partial charge in [0.1, 0.15) is 0 Å². The van der Waals surface area contributed by atoms with Gasteiger partial charge < -0.3 is 15.1 Å². The summed E-state index contributed by atoms with van der Waals surface area (Å²) in [5.41, 5.74) is -0.396. The average molecular weight is 297 g/mol. The van der Waals surface area contributed by atoms with Crippen molar-refractivity contribution in [3.63, 3.8) is 0 Å². The summed E-state index contributed by atoms with van der Waals surface area (Å²) in [6.07, 6.45) is 1.08. The van der Waals surface area contributed by atoms with E-state index < -0.39 is 5.41 Å². The molecule has 120 valence electrons. The van der Waals surface area contributed by atoms with Crippen LogP contribution in [0.4, 0.5) is 0 Å². The van der Waals surface area contributed by atoms with E-state index in [1.807, 2.05) is 20.8 Å². The number of rotatable bonds is 4. The highest BCUT2D eigenvalue weighted by molar-refractivity contribution is 5.81. The number of carbonyl (C=O) groups excluding carboxylic acids is 3. The zero-order valence-corrected chi connectivity index (χ0v) is 13.6. The van der Waals surface area contributed by atoms with Gasteiger partial charge in [-0.2, -0.15) is 0 Å². The van der Waals surface area contributed by atoms with Crippen LogP contribution in [-0.4, -0.2) is 60.2 Å². The SMILES string of the molecule is CC(=O)N1CCN(C(=O)CCCNC(=O)C(C)(C)C)CC1. The van der Waals surface area contributed by atoms with Crippen LogP contribution < -0.4 is 5.32 Å².